The van der Waals surface area contributed by atoms with Crippen molar-refractivity contribution in [1.82, 2.24) is 0 Å². The highest BCUT2D eigenvalue weighted by Crippen LogP contribution is 2.37. The first-order valence-corrected chi connectivity index (χ1v) is 9.17. The quantitative estimate of drug-likeness (QED) is 0.495. The van der Waals surface area contributed by atoms with Crippen LogP contribution in [0.15, 0.2) is 54.6 Å². The summed E-state index contributed by atoms with van der Waals surface area (Å²) in [6.07, 6.45) is -1.75. The zero-order chi connectivity index (χ0) is 20.4. The van der Waals surface area contributed by atoms with E-state index in [0.29, 0.717) is 10.9 Å². The van der Waals surface area contributed by atoms with Gasteiger partial charge in [-0.25, -0.2) is 4.79 Å². The number of hydrogen-bond acceptors (Lipinski definition) is 3. The number of rotatable bonds is 6. The number of benzene rings is 3. The molecule has 3 aromatic carbocycles. The van der Waals surface area contributed by atoms with Crippen molar-refractivity contribution in [1.29, 1.82) is 0 Å². The lowest BCUT2D eigenvalue weighted by Crippen LogP contribution is -2.38. The van der Waals surface area contributed by atoms with Crippen LogP contribution in [0, 0.1) is 0 Å². The Kier molecular flexibility index (Phi) is 5.98. The molecule has 2 unspecified atom stereocenters. The summed E-state index contributed by atoms with van der Waals surface area (Å²) < 4.78 is 5.51. The second kappa shape index (κ2) is 8.27. The Bertz CT molecular complexity index is 1060. The largest absolute Gasteiger partial charge is 0.481 e. The lowest BCUT2D eigenvalue weighted by molar-refractivity contribution is -0.153. The molecule has 2 atom stereocenters. The Morgan fingerprint density at radius 3 is 2.14 bits per heavy atom. The summed E-state index contributed by atoms with van der Waals surface area (Å²) in [5.41, 5.74) is 0.314. The average molecular weight is 440 g/mol. The molecule has 2 N–H and O–H groups in total. The highest BCUT2D eigenvalue weighted by atomic mass is 35.5. The third kappa shape index (κ3) is 4.02. The van der Waals surface area contributed by atoms with Gasteiger partial charge in [-0.3, -0.25) is 4.79 Å². The summed E-state index contributed by atoms with van der Waals surface area (Å²) >= 11 is 17.9. The van der Waals surface area contributed by atoms with E-state index in [1.807, 2.05) is 18.2 Å². The van der Waals surface area contributed by atoms with Gasteiger partial charge in [-0.1, -0.05) is 77.3 Å². The molecular weight excluding hydrogens is 427 g/mol. The number of aliphatic carboxylic acids is 2. The van der Waals surface area contributed by atoms with Crippen molar-refractivity contribution < 1.29 is 24.5 Å². The molecule has 0 aliphatic heterocycles. The summed E-state index contributed by atoms with van der Waals surface area (Å²) in [7, 11) is 0. The Labute approximate surface area is 175 Å². The summed E-state index contributed by atoms with van der Waals surface area (Å²) in [4.78, 5) is 24.0. The average Bonchev–Trinajstić information content (AvgIpc) is 2.65. The number of carboxylic acid groups (broad SMARTS) is 2. The van der Waals surface area contributed by atoms with Crippen molar-refractivity contribution in [3.63, 3.8) is 0 Å². The van der Waals surface area contributed by atoms with Gasteiger partial charge in [0.2, 0.25) is 6.10 Å². The van der Waals surface area contributed by atoms with Gasteiger partial charge in [0, 0.05) is 6.07 Å². The minimum Gasteiger partial charge on any atom is -0.481 e. The Morgan fingerprint density at radius 1 is 0.821 bits per heavy atom. The molecule has 28 heavy (non-hydrogen) atoms. The molecule has 0 spiro atoms. The topological polar surface area (TPSA) is 83.8 Å². The predicted octanol–water partition coefficient (Wildman–Crippen LogP) is 5.50. The molecule has 0 saturated carbocycles. The third-order valence-corrected chi connectivity index (χ3v) is 5.22. The summed E-state index contributed by atoms with van der Waals surface area (Å²) in [6.45, 7) is 0. The van der Waals surface area contributed by atoms with Crippen LogP contribution in [-0.4, -0.2) is 28.3 Å². The van der Waals surface area contributed by atoms with Gasteiger partial charge in [-0.05, 0) is 22.4 Å². The Balaban J connectivity index is 2.11. The van der Waals surface area contributed by atoms with Crippen molar-refractivity contribution >= 4 is 57.5 Å². The van der Waals surface area contributed by atoms with E-state index in [0.717, 1.165) is 5.39 Å². The highest BCUT2D eigenvalue weighted by molar-refractivity contribution is 6.43. The van der Waals surface area contributed by atoms with Crippen molar-refractivity contribution in [2.75, 3.05) is 0 Å². The summed E-state index contributed by atoms with van der Waals surface area (Å²) in [6, 6.07) is 14.7. The van der Waals surface area contributed by atoms with Crippen LogP contribution in [0.1, 0.15) is 11.5 Å². The molecule has 0 amide bonds. The fraction of sp³-hybridized carbons (Fsp3) is 0.100. The first kappa shape index (κ1) is 20.3. The number of carbonyl (C=O) groups is 2. The van der Waals surface area contributed by atoms with Crippen LogP contribution in [0.25, 0.3) is 10.8 Å². The van der Waals surface area contributed by atoms with E-state index in [4.69, 9.17) is 39.5 Å². The van der Waals surface area contributed by atoms with Gasteiger partial charge in [0.1, 0.15) is 11.7 Å². The second-order valence-electron chi connectivity index (χ2n) is 5.96. The van der Waals surface area contributed by atoms with E-state index in [1.54, 1.807) is 24.3 Å². The van der Waals surface area contributed by atoms with Gasteiger partial charge < -0.3 is 14.9 Å². The number of halogens is 3. The Morgan fingerprint density at radius 2 is 1.46 bits per heavy atom. The first-order chi connectivity index (χ1) is 13.3. The number of carboxylic acids is 2. The number of hydrogen-bond donors (Lipinski definition) is 2. The number of ether oxygens (including phenoxy) is 1. The molecule has 0 radical (unpaired) electrons. The summed E-state index contributed by atoms with van der Waals surface area (Å²) in [5, 5.41) is 21.2. The van der Waals surface area contributed by atoms with Crippen LogP contribution in [0.2, 0.25) is 15.1 Å². The van der Waals surface area contributed by atoms with Crippen molar-refractivity contribution in [3.8, 4) is 5.75 Å². The molecule has 0 saturated heterocycles. The maximum Gasteiger partial charge on any atom is 0.346 e. The van der Waals surface area contributed by atoms with Gasteiger partial charge in [0.15, 0.2) is 0 Å². The maximum absolute atomic E-state index is 12.1. The smallest absolute Gasteiger partial charge is 0.346 e. The molecule has 3 rings (SSSR count). The van der Waals surface area contributed by atoms with Crippen LogP contribution in [0.3, 0.4) is 0 Å². The van der Waals surface area contributed by atoms with E-state index in [2.05, 4.69) is 0 Å². The molecule has 0 aromatic heterocycles. The van der Waals surface area contributed by atoms with Crippen LogP contribution in [0.5, 0.6) is 5.75 Å². The van der Waals surface area contributed by atoms with E-state index < -0.39 is 24.0 Å². The van der Waals surface area contributed by atoms with Gasteiger partial charge in [-0.2, -0.15) is 0 Å². The maximum atomic E-state index is 12.1. The highest BCUT2D eigenvalue weighted by Gasteiger charge is 2.38. The van der Waals surface area contributed by atoms with Crippen LogP contribution < -0.4 is 4.74 Å². The minimum atomic E-state index is -1.75. The minimum absolute atomic E-state index is 0.0164. The lowest BCUT2D eigenvalue weighted by Gasteiger charge is -2.24. The van der Waals surface area contributed by atoms with E-state index in [-0.39, 0.29) is 20.8 Å². The van der Waals surface area contributed by atoms with Gasteiger partial charge >= 0.3 is 11.9 Å². The molecule has 5 nitrogen and oxygen atoms in total. The normalized spacial score (nSPS) is 13.1. The van der Waals surface area contributed by atoms with Gasteiger partial charge in [-0.15, -0.1) is 0 Å². The standard InChI is InChI=1S/C20H13Cl3O5/c21-13-8-15(23)16(9-14(13)22)28-18(20(26)27)17(19(24)25)12-7-3-5-10-4-1-2-6-11(10)12/h1-9,17-18H,(H,24,25)(H,26,27). The molecule has 8 heteroatoms. The first-order valence-electron chi connectivity index (χ1n) is 8.04. The monoisotopic (exact) mass is 438 g/mol. The number of fused-ring (bicyclic) bond motifs is 1. The van der Waals surface area contributed by atoms with Crippen LogP contribution in [-0.2, 0) is 9.59 Å². The van der Waals surface area contributed by atoms with E-state index >= 15 is 0 Å². The second-order valence-corrected chi connectivity index (χ2v) is 7.18. The van der Waals surface area contributed by atoms with Gasteiger partial charge in [0.05, 0.1) is 15.1 Å². The lowest BCUT2D eigenvalue weighted by atomic mass is 9.89. The predicted molar refractivity (Wildman–Crippen MR) is 108 cm³/mol. The SMILES string of the molecule is O=C(O)C(Oc1cc(Cl)c(Cl)cc1Cl)C(C(=O)O)c1cccc2ccccc12. The molecule has 3 aromatic rings. The molecule has 0 aliphatic carbocycles. The van der Waals surface area contributed by atoms with Gasteiger partial charge in [0.25, 0.3) is 0 Å². The third-order valence-electron chi connectivity index (χ3n) is 4.20. The fourth-order valence-corrected chi connectivity index (χ4v) is 3.52. The van der Waals surface area contributed by atoms with Crippen LogP contribution in [0.4, 0.5) is 0 Å². The van der Waals surface area contributed by atoms with Crippen molar-refractivity contribution in [2.24, 2.45) is 0 Å². The van der Waals surface area contributed by atoms with Crippen LogP contribution >= 0.6 is 34.8 Å². The fourth-order valence-electron chi connectivity index (χ4n) is 2.94. The summed E-state index contributed by atoms with van der Waals surface area (Å²) in [5.74, 6) is -4.37. The Hall–Kier alpha value is -2.47. The molecule has 0 heterocycles. The van der Waals surface area contributed by atoms with Crippen molar-refractivity contribution in [3.05, 3.63) is 75.2 Å². The molecule has 144 valence electrons. The van der Waals surface area contributed by atoms with E-state index in [1.165, 1.54) is 12.1 Å². The zero-order valence-corrected chi connectivity index (χ0v) is 16.4. The molecule has 0 fully saturated rings. The molecule has 0 bridgehead atoms. The van der Waals surface area contributed by atoms with Crippen molar-refractivity contribution in [2.45, 2.75) is 12.0 Å². The van der Waals surface area contributed by atoms with E-state index in [9.17, 15) is 19.8 Å². The molecular formula is C20H13Cl3O5. The zero-order valence-electron chi connectivity index (χ0n) is 14.1. The molecule has 0 aliphatic rings.